The van der Waals surface area contributed by atoms with Gasteiger partial charge < -0.3 is 10.1 Å². The van der Waals surface area contributed by atoms with E-state index in [9.17, 15) is 0 Å². The summed E-state index contributed by atoms with van der Waals surface area (Å²) >= 11 is 0. The molecule has 0 aliphatic heterocycles. The molecular formula is C12H21N3O. The Morgan fingerprint density at radius 2 is 2.44 bits per heavy atom. The van der Waals surface area contributed by atoms with Crippen LogP contribution in [0.15, 0.2) is 24.4 Å². The highest BCUT2D eigenvalue weighted by molar-refractivity contribution is 4.99. The minimum absolute atomic E-state index is 0.647. The number of hydrogen-bond donors (Lipinski definition) is 1. The van der Waals surface area contributed by atoms with Gasteiger partial charge in [0.2, 0.25) is 0 Å². The van der Waals surface area contributed by atoms with Crippen LogP contribution in [0.5, 0.6) is 0 Å². The van der Waals surface area contributed by atoms with Gasteiger partial charge in [0.15, 0.2) is 0 Å². The average molecular weight is 223 g/mol. The van der Waals surface area contributed by atoms with Crippen molar-refractivity contribution >= 4 is 0 Å². The fourth-order valence-electron chi connectivity index (χ4n) is 1.40. The van der Waals surface area contributed by atoms with E-state index in [0.717, 1.165) is 25.2 Å². The molecule has 1 aromatic rings. The van der Waals surface area contributed by atoms with Crippen LogP contribution in [0.2, 0.25) is 0 Å². The third kappa shape index (κ3) is 4.59. The average Bonchev–Trinajstić information content (AvgIpc) is 2.70. The Morgan fingerprint density at radius 3 is 3.12 bits per heavy atom. The minimum Gasteiger partial charge on any atom is -0.376 e. The molecule has 0 atom stereocenters. The van der Waals surface area contributed by atoms with Crippen molar-refractivity contribution in [1.29, 1.82) is 0 Å². The van der Waals surface area contributed by atoms with Crippen LogP contribution in [-0.2, 0) is 17.8 Å². The lowest BCUT2D eigenvalue weighted by molar-refractivity contribution is 0.157. The molecule has 0 aliphatic carbocycles. The van der Waals surface area contributed by atoms with Crippen molar-refractivity contribution in [1.82, 2.24) is 15.1 Å². The maximum absolute atomic E-state index is 5.39. The van der Waals surface area contributed by atoms with Crippen molar-refractivity contribution in [2.45, 2.75) is 26.9 Å². The molecule has 4 nitrogen and oxygen atoms in total. The molecule has 1 N–H and O–H groups in total. The third-order valence-corrected chi connectivity index (χ3v) is 2.18. The summed E-state index contributed by atoms with van der Waals surface area (Å²) in [5.74, 6) is 0. The maximum Gasteiger partial charge on any atom is 0.0672 e. The molecule has 0 fully saturated rings. The van der Waals surface area contributed by atoms with E-state index in [1.807, 2.05) is 23.9 Å². The monoisotopic (exact) mass is 223 g/mol. The zero-order valence-corrected chi connectivity index (χ0v) is 10.2. The zero-order chi connectivity index (χ0) is 11.8. The first-order valence-electron chi connectivity index (χ1n) is 5.67. The van der Waals surface area contributed by atoms with E-state index >= 15 is 0 Å². The molecule has 0 amide bonds. The van der Waals surface area contributed by atoms with Crippen LogP contribution in [0.25, 0.3) is 0 Å². The highest BCUT2D eigenvalue weighted by atomic mass is 16.5. The topological polar surface area (TPSA) is 39.1 Å². The Bertz CT molecular complexity index is 320. The van der Waals surface area contributed by atoms with Gasteiger partial charge in [-0.2, -0.15) is 5.10 Å². The highest BCUT2D eigenvalue weighted by Gasteiger charge is 1.98. The molecule has 0 saturated heterocycles. The van der Waals surface area contributed by atoms with E-state index in [4.69, 9.17) is 4.74 Å². The van der Waals surface area contributed by atoms with Crippen LogP contribution in [0, 0.1) is 0 Å². The molecule has 1 aromatic heterocycles. The molecule has 16 heavy (non-hydrogen) atoms. The van der Waals surface area contributed by atoms with Gasteiger partial charge >= 0.3 is 0 Å². The van der Waals surface area contributed by atoms with Gasteiger partial charge in [-0.3, -0.25) is 4.68 Å². The van der Waals surface area contributed by atoms with E-state index in [2.05, 4.69) is 23.9 Å². The first kappa shape index (κ1) is 12.9. The molecule has 0 spiro atoms. The van der Waals surface area contributed by atoms with Gasteiger partial charge in [0, 0.05) is 25.8 Å². The third-order valence-electron chi connectivity index (χ3n) is 2.18. The fourth-order valence-corrected chi connectivity index (χ4v) is 1.40. The predicted molar refractivity (Wildman–Crippen MR) is 65.2 cm³/mol. The molecule has 0 aromatic carbocycles. The summed E-state index contributed by atoms with van der Waals surface area (Å²) in [4.78, 5) is 0. The smallest absolute Gasteiger partial charge is 0.0672 e. The second-order valence-electron chi connectivity index (χ2n) is 3.82. The Kier molecular flexibility index (Phi) is 5.82. The summed E-state index contributed by atoms with van der Waals surface area (Å²) in [5.41, 5.74) is 2.27. The second kappa shape index (κ2) is 7.19. The van der Waals surface area contributed by atoms with Crippen LogP contribution >= 0.6 is 0 Å². The molecule has 0 unspecified atom stereocenters. The Hall–Kier alpha value is -1.13. The summed E-state index contributed by atoms with van der Waals surface area (Å²) in [5, 5.41) is 7.53. The van der Waals surface area contributed by atoms with Gasteiger partial charge in [0.25, 0.3) is 0 Å². The van der Waals surface area contributed by atoms with Crippen molar-refractivity contribution in [2.75, 3.05) is 19.8 Å². The van der Waals surface area contributed by atoms with E-state index in [-0.39, 0.29) is 0 Å². The highest BCUT2D eigenvalue weighted by Crippen LogP contribution is 1.97. The number of ether oxygens (including phenoxy) is 1. The SMILES string of the molecule is C=C(C)COCCNCc1ccnn1CC. The van der Waals surface area contributed by atoms with Gasteiger partial charge in [-0.25, -0.2) is 0 Å². The van der Waals surface area contributed by atoms with Gasteiger partial charge in [-0.05, 0) is 19.9 Å². The Labute approximate surface area is 97.3 Å². The van der Waals surface area contributed by atoms with E-state index < -0.39 is 0 Å². The van der Waals surface area contributed by atoms with Crippen molar-refractivity contribution < 1.29 is 4.74 Å². The number of aromatic nitrogens is 2. The number of aryl methyl sites for hydroxylation is 1. The molecule has 0 bridgehead atoms. The number of nitrogens with zero attached hydrogens (tertiary/aromatic N) is 2. The van der Waals surface area contributed by atoms with Gasteiger partial charge in [-0.1, -0.05) is 12.2 Å². The lowest BCUT2D eigenvalue weighted by atomic mass is 10.4. The van der Waals surface area contributed by atoms with E-state index in [1.165, 1.54) is 5.69 Å². The second-order valence-corrected chi connectivity index (χ2v) is 3.82. The standard InChI is InChI=1S/C12H21N3O/c1-4-15-12(5-6-14-15)9-13-7-8-16-10-11(2)3/h5-6,13H,2,4,7-10H2,1,3H3. The molecule has 1 rings (SSSR count). The molecule has 90 valence electrons. The van der Waals surface area contributed by atoms with Gasteiger partial charge in [0.1, 0.15) is 0 Å². The van der Waals surface area contributed by atoms with Crippen LogP contribution in [0.1, 0.15) is 19.5 Å². The number of rotatable bonds is 8. The van der Waals surface area contributed by atoms with Crippen molar-refractivity contribution in [2.24, 2.45) is 0 Å². The molecule has 0 saturated carbocycles. The largest absolute Gasteiger partial charge is 0.376 e. The van der Waals surface area contributed by atoms with Gasteiger partial charge in [-0.15, -0.1) is 0 Å². The summed E-state index contributed by atoms with van der Waals surface area (Å²) < 4.78 is 7.37. The van der Waals surface area contributed by atoms with E-state index in [1.54, 1.807) is 0 Å². The first-order valence-corrected chi connectivity index (χ1v) is 5.67. The lowest BCUT2D eigenvalue weighted by Gasteiger charge is -2.07. The van der Waals surface area contributed by atoms with Crippen LogP contribution in [-0.4, -0.2) is 29.5 Å². The predicted octanol–water partition coefficient (Wildman–Crippen LogP) is 1.59. The number of nitrogens with one attached hydrogen (secondary N) is 1. The first-order chi connectivity index (χ1) is 7.74. The maximum atomic E-state index is 5.39. The number of hydrogen-bond acceptors (Lipinski definition) is 3. The van der Waals surface area contributed by atoms with Gasteiger partial charge in [0.05, 0.1) is 18.9 Å². The fraction of sp³-hybridized carbons (Fsp3) is 0.583. The summed E-state index contributed by atoms with van der Waals surface area (Å²) in [6.45, 7) is 11.8. The lowest BCUT2D eigenvalue weighted by Crippen LogP contribution is -2.21. The quantitative estimate of drug-likeness (QED) is 0.537. The molecule has 4 heteroatoms. The molecule has 0 radical (unpaired) electrons. The van der Waals surface area contributed by atoms with Crippen molar-refractivity contribution in [3.8, 4) is 0 Å². The Balaban J connectivity index is 2.09. The van der Waals surface area contributed by atoms with Crippen LogP contribution < -0.4 is 5.32 Å². The van der Waals surface area contributed by atoms with Crippen LogP contribution in [0.3, 0.4) is 0 Å². The minimum atomic E-state index is 0.647. The van der Waals surface area contributed by atoms with Crippen molar-refractivity contribution in [3.05, 3.63) is 30.1 Å². The van der Waals surface area contributed by atoms with Crippen molar-refractivity contribution in [3.63, 3.8) is 0 Å². The molecule has 1 heterocycles. The normalized spacial score (nSPS) is 10.6. The summed E-state index contributed by atoms with van der Waals surface area (Å²) in [6.07, 6.45) is 1.83. The van der Waals surface area contributed by atoms with E-state index in [0.29, 0.717) is 13.2 Å². The summed E-state index contributed by atoms with van der Waals surface area (Å²) in [6, 6.07) is 2.03. The Morgan fingerprint density at radius 1 is 1.62 bits per heavy atom. The zero-order valence-electron chi connectivity index (χ0n) is 10.2. The summed E-state index contributed by atoms with van der Waals surface area (Å²) in [7, 11) is 0. The molecule has 0 aliphatic rings. The van der Waals surface area contributed by atoms with Crippen LogP contribution in [0.4, 0.5) is 0 Å². The molecular weight excluding hydrogens is 202 g/mol.